The van der Waals surface area contributed by atoms with Gasteiger partial charge in [0.25, 0.3) is 0 Å². The topological polar surface area (TPSA) is 106 Å². The first-order valence-corrected chi connectivity index (χ1v) is 9.64. The van der Waals surface area contributed by atoms with Crippen LogP contribution >= 0.6 is 0 Å². The van der Waals surface area contributed by atoms with Crippen molar-refractivity contribution in [2.24, 2.45) is 0 Å². The highest BCUT2D eigenvalue weighted by molar-refractivity contribution is 5.99. The van der Waals surface area contributed by atoms with Crippen molar-refractivity contribution in [2.75, 3.05) is 7.11 Å². The molecule has 6 aromatic heterocycles. The molecule has 6 rings (SSSR count). The van der Waals surface area contributed by atoms with Crippen LogP contribution in [-0.2, 0) is 0 Å². The van der Waals surface area contributed by atoms with Crippen molar-refractivity contribution < 1.29 is 9.15 Å². The van der Waals surface area contributed by atoms with E-state index in [-0.39, 0.29) is 0 Å². The number of aromatic nitrogens is 6. The number of aromatic amines is 2. The molecule has 0 unspecified atom stereocenters. The highest BCUT2D eigenvalue weighted by Crippen LogP contribution is 2.33. The third-order valence-corrected chi connectivity index (χ3v) is 5.29. The van der Waals surface area contributed by atoms with Crippen LogP contribution in [0.5, 0.6) is 5.75 Å². The van der Waals surface area contributed by atoms with Crippen LogP contribution in [0.15, 0.2) is 72.1 Å². The van der Waals surface area contributed by atoms with Crippen LogP contribution in [0.1, 0.15) is 0 Å². The van der Waals surface area contributed by atoms with Gasteiger partial charge >= 0.3 is 0 Å². The van der Waals surface area contributed by atoms with Crippen LogP contribution in [0.3, 0.4) is 0 Å². The summed E-state index contributed by atoms with van der Waals surface area (Å²) in [7, 11) is 1.62. The molecular weight excluding hydrogens is 392 g/mol. The minimum Gasteiger partial charge on any atom is -0.495 e. The summed E-state index contributed by atoms with van der Waals surface area (Å²) in [5, 5.41) is 8.63. The van der Waals surface area contributed by atoms with E-state index in [9.17, 15) is 0 Å². The van der Waals surface area contributed by atoms with Gasteiger partial charge in [0, 0.05) is 34.5 Å². The molecule has 6 aromatic rings. The van der Waals surface area contributed by atoms with E-state index in [2.05, 4.69) is 31.2 Å². The summed E-state index contributed by atoms with van der Waals surface area (Å²) < 4.78 is 10.5. The van der Waals surface area contributed by atoms with Gasteiger partial charge in [-0.1, -0.05) is 0 Å². The van der Waals surface area contributed by atoms with Crippen LogP contribution in [0, 0.1) is 0 Å². The monoisotopic (exact) mass is 408 g/mol. The number of fused-ring (bicyclic) bond motifs is 2. The Bertz CT molecular complexity index is 1530. The zero-order valence-corrected chi connectivity index (χ0v) is 16.5. The van der Waals surface area contributed by atoms with Gasteiger partial charge in [-0.15, -0.1) is 0 Å². The molecule has 0 amide bonds. The predicted octanol–water partition coefficient (Wildman–Crippen LogP) is 4.83. The van der Waals surface area contributed by atoms with Crippen LogP contribution < -0.4 is 4.74 Å². The van der Waals surface area contributed by atoms with Crippen LogP contribution in [-0.4, -0.2) is 37.2 Å². The quantitative estimate of drug-likeness (QED) is 0.433. The third kappa shape index (κ3) is 2.84. The van der Waals surface area contributed by atoms with Crippen molar-refractivity contribution in [2.45, 2.75) is 0 Å². The molecule has 150 valence electrons. The molecule has 0 atom stereocenters. The van der Waals surface area contributed by atoms with E-state index >= 15 is 0 Å². The number of ether oxygens (including phenoxy) is 1. The maximum absolute atomic E-state index is 5.29. The van der Waals surface area contributed by atoms with Gasteiger partial charge in [-0.3, -0.25) is 15.1 Å². The lowest BCUT2D eigenvalue weighted by molar-refractivity contribution is 0.413. The zero-order valence-electron chi connectivity index (χ0n) is 16.5. The van der Waals surface area contributed by atoms with E-state index in [0.717, 1.165) is 55.7 Å². The first-order valence-electron chi connectivity index (χ1n) is 9.64. The summed E-state index contributed by atoms with van der Waals surface area (Å²) in [4.78, 5) is 16.9. The van der Waals surface area contributed by atoms with Gasteiger partial charge in [-0.25, -0.2) is 4.98 Å². The van der Waals surface area contributed by atoms with Gasteiger partial charge in [0.15, 0.2) is 0 Å². The van der Waals surface area contributed by atoms with Crippen molar-refractivity contribution >= 4 is 21.9 Å². The molecule has 0 saturated carbocycles. The third-order valence-electron chi connectivity index (χ3n) is 5.29. The van der Waals surface area contributed by atoms with Crippen molar-refractivity contribution in [3.8, 4) is 39.5 Å². The summed E-state index contributed by atoms with van der Waals surface area (Å²) in [5.74, 6) is 0.682. The maximum atomic E-state index is 5.29. The Hall–Kier alpha value is -4.46. The average molecular weight is 408 g/mol. The molecule has 31 heavy (non-hydrogen) atoms. The Labute approximate surface area is 176 Å². The summed E-state index contributed by atoms with van der Waals surface area (Å²) in [6.07, 6.45) is 10.4. The Morgan fingerprint density at radius 3 is 2.74 bits per heavy atom. The second kappa shape index (κ2) is 6.81. The van der Waals surface area contributed by atoms with Gasteiger partial charge in [-0.05, 0) is 30.3 Å². The smallest absolute Gasteiger partial charge is 0.137 e. The highest BCUT2D eigenvalue weighted by atomic mass is 16.5. The average Bonchev–Trinajstić information content (AvgIpc) is 3.57. The maximum Gasteiger partial charge on any atom is 0.137 e. The molecule has 8 heteroatoms. The van der Waals surface area contributed by atoms with Crippen molar-refractivity contribution in [1.82, 2.24) is 30.1 Å². The van der Waals surface area contributed by atoms with Crippen LogP contribution in [0.25, 0.3) is 55.7 Å². The highest BCUT2D eigenvalue weighted by Gasteiger charge is 2.16. The Kier molecular flexibility index (Phi) is 3.82. The first-order chi connectivity index (χ1) is 15.3. The van der Waals surface area contributed by atoms with E-state index in [0.29, 0.717) is 5.75 Å². The minimum absolute atomic E-state index is 0.682. The zero-order chi connectivity index (χ0) is 20.8. The second-order valence-electron chi connectivity index (χ2n) is 7.12. The summed E-state index contributed by atoms with van der Waals surface area (Å²) in [6, 6.07) is 9.80. The predicted molar refractivity (Wildman–Crippen MR) is 116 cm³/mol. The van der Waals surface area contributed by atoms with E-state index in [1.54, 1.807) is 38.2 Å². The molecule has 6 heterocycles. The Balaban J connectivity index is 1.50. The van der Waals surface area contributed by atoms with E-state index < -0.39 is 0 Å². The number of rotatable bonds is 4. The molecular formula is C23H16N6O2. The number of hydrogen-bond acceptors (Lipinski definition) is 6. The number of nitrogens with one attached hydrogen (secondary N) is 2. The van der Waals surface area contributed by atoms with Crippen LogP contribution in [0.4, 0.5) is 0 Å². The fraction of sp³-hybridized carbons (Fsp3) is 0.0435. The van der Waals surface area contributed by atoms with E-state index in [1.165, 1.54) is 0 Å². The van der Waals surface area contributed by atoms with Crippen molar-refractivity contribution in [1.29, 1.82) is 0 Å². The molecule has 0 aliphatic heterocycles. The Morgan fingerprint density at radius 1 is 0.935 bits per heavy atom. The van der Waals surface area contributed by atoms with Gasteiger partial charge < -0.3 is 14.1 Å². The van der Waals surface area contributed by atoms with E-state index in [1.807, 2.05) is 30.5 Å². The fourth-order valence-electron chi connectivity index (χ4n) is 3.74. The normalized spacial score (nSPS) is 11.4. The molecule has 0 aromatic carbocycles. The minimum atomic E-state index is 0.682. The van der Waals surface area contributed by atoms with Crippen molar-refractivity contribution in [3.05, 3.63) is 67.6 Å². The van der Waals surface area contributed by atoms with Crippen LogP contribution in [0.2, 0.25) is 0 Å². The first kappa shape index (κ1) is 17.4. The van der Waals surface area contributed by atoms with Gasteiger partial charge in [0.2, 0.25) is 0 Å². The number of methoxy groups -OCH3 is 1. The SMILES string of the molecule is COc1cncc(-c2ccc3[nH]nc(-c4cc5c(-c6ccoc6)cncc5[nH]4)c3n2)c1. The van der Waals surface area contributed by atoms with Gasteiger partial charge in [0.1, 0.15) is 17.0 Å². The lowest BCUT2D eigenvalue weighted by atomic mass is 10.1. The number of H-pyrrole nitrogens is 2. The lowest BCUT2D eigenvalue weighted by Gasteiger charge is -2.04. The van der Waals surface area contributed by atoms with Crippen molar-refractivity contribution in [3.63, 3.8) is 0 Å². The molecule has 8 nitrogen and oxygen atoms in total. The second-order valence-corrected chi connectivity index (χ2v) is 7.12. The molecule has 0 aliphatic rings. The summed E-state index contributed by atoms with van der Waals surface area (Å²) in [6.45, 7) is 0. The fourth-order valence-corrected chi connectivity index (χ4v) is 3.74. The molecule has 0 fully saturated rings. The number of furan rings is 1. The number of pyridine rings is 3. The van der Waals surface area contributed by atoms with Gasteiger partial charge in [0.05, 0.1) is 54.5 Å². The standard InChI is InChI=1S/C23H16N6O2/c1-30-15-6-14(8-24-9-15)18-2-3-19-22(27-18)23(29-28-19)20-7-16-17(13-4-5-31-12-13)10-25-11-21(16)26-20/h2-12,26H,1H3,(H,28,29). The summed E-state index contributed by atoms with van der Waals surface area (Å²) in [5.41, 5.74) is 7.75. The van der Waals surface area contributed by atoms with E-state index in [4.69, 9.17) is 14.1 Å². The molecule has 0 saturated heterocycles. The lowest BCUT2D eigenvalue weighted by Crippen LogP contribution is -1.89. The van der Waals surface area contributed by atoms with Gasteiger partial charge in [-0.2, -0.15) is 5.10 Å². The Morgan fingerprint density at radius 2 is 1.87 bits per heavy atom. The molecule has 0 bridgehead atoms. The molecule has 0 aliphatic carbocycles. The largest absolute Gasteiger partial charge is 0.495 e. The molecule has 2 N–H and O–H groups in total. The number of nitrogens with zero attached hydrogens (tertiary/aromatic N) is 4. The molecule has 0 spiro atoms. The number of hydrogen-bond donors (Lipinski definition) is 2. The summed E-state index contributed by atoms with van der Waals surface area (Å²) >= 11 is 0. The molecule has 0 radical (unpaired) electrons.